The smallest absolute Gasteiger partial charge is 0.310 e. The molecule has 19 heavy (non-hydrogen) atoms. The number of unbranched alkanes of at least 4 members (excludes halogenated alkanes) is 1. The molecule has 1 heterocycles. The molecule has 0 radical (unpaired) electrons. The molecule has 112 valence electrons. The highest BCUT2D eigenvalue weighted by Crippen LogP contribution is 2.19. The standard InChI is InChI=1S/C14H28N2O3/c1-4-19-14(17)13-8-7-10-16(12-13)15(2)9-5-6-11-18-3/h13H,4-12H2,1-3H3. The van der Waals surface area contributed by atoms with Crippen molar-refractivity contribution in [1.82, 2.24) is 10.0 Å². The number of nitrogens with zero attached hydrogens (tertiary/aromatic N) is 2. The van der Waals surface area contributed by atoms with Gasteiger partial charge >= 0.3 is 5.97 Å². The Morgan fingerprint density at radius 1 is 1.42 bits per heavy atom. The van der Waals surface area contributed by atoms with E-state index < -0.39 is 0 Å². The van der Waals surface area contributed by atoms with Gasteiger partial charge in [0.05, 0.1) is 12.5 Å². The summed E-state index contributed by atoms with van der Waals surface area (Å²) >= 11 is 0. The van der Waals surface area contributed by atoms with Crippen molar-refractivity contribution >= 4 is 5.97 Å². The van der Waals surface area contributed by atoms with Crippen LogP contribution in [-0.2, 0) is 14.3 Å². The van der Waals surface area contributed by atoms with Crippen LogP contribution in [0.4, 0.5) is 0 Å². The molecule has 1 atom stereocenters. The van der Waals surface area contributed by atoms with Crippen molar-refractivity contribution in [3.63, 3.8) is 0 Å². The minimum absolute atomic E-state index is 0.0372. The van der Waals surface area contributed by atoms with Gasteiger partial charge in [0.2, 0.25) is 0 Å². The lowest BCUT2D eigenvalue weighted by molar-refractivity contribution is -0.153. The van der Waals surface area contributed by atoms with E-state index in [4.69, 9.17) is 9.47 Å². The molecule has 1 aliphatic heterocycles. The number of hydrazine groups is 1. The maximum absolute atomic E-state index is 11.8. The van der Waals surface area contributed by atoms with E-state index in [2.05, 4.69) is 17.1 Å². The van der Waals surface area contributed by atoms with Crippen LogP contribution < -0.4 is 0 Å². The second-order valence-electron chi connectivity index (χ2n) is 5.08. The molecule has 0 spiro atoms. The van der Waals surface area contributed by atoms with Crippen molar-refractivity contribution in [2.45, 2.75) is 32.6 Å². The van der Waals surface area contributed by atoms with Gasteiger partial charge in [0.25, 0.3) is 0 Å². The highest BCUT2D eigenvalue weighted by molar-refractivity contribution is 5.72. The van der Waals surface area contributed by atoms with Crippen LogP contribution in [0.3, 0.4) is 0 Å². The molecule has 5 nitrogen and oxygen atoms in total. The molecule has 1 aliphatic rings. The summed E-state index contributed by atoms with van der Waals surface area (Å²) in [7, 11) is 3.83. The normalized spacial score (nSPS) is 20.7. The molecule has 0 amide bonds. The summed E-state index contributed by atoms with van der Waals surface area (Å²) in [6.07, 6.45) is 4.21. The molecular formula is C14H28N2O3. The van der Waals surface area contributed by atoms with E-state index in [1.54, 1.807) is 7.11 Å². The molecule has 1 rings (SSSR count). The fourth-order valence-electron chi connectivity index (χ4n) is 2.45. The Kier molecular flexibility index (Phi) is 8.02. The second kappa shape index (κ2) is 9.28. The zero-order valence-electron chi connectivity index (χ0n) is 12.6. The van der Waals surface area contributed by atoms with Gasteiger partial charge in [-0.25, -0.2) is 10.0 Å². The number of hydrogen-bond acceptors (Lipinski definition) is 5. The lowest BCUT2D eigenvalue weighted by Gasteiger charge is -2.37. The molecule has 1 fully saturated rings. The number of piperidine rings is 1. The molecule has 0 aromatic carbocycles. The van der Waals surface area contributed by atoms with E-state index in [1.807, 2.05) is 6.92 Å². The first-order chi connectivity index (χ1) is 9.19. The first-order valence-electron chi connectivity index (χ1n) is 7.30. The van der Waals surface area contributed by atoms with Gasteiger partial charge in [-0.2, -0.15) is 0 Å². The van der Waals surface area contributed by atoms with E-state index >= 15 is 0 Å². The van der Waals surface area contributed by atoms with Gasteiger partial charge in [-0.1, -0.05) is 0 Å². The van der Waals surface area contributed by atoms with E-state index in [1.165, 1.54) is 0 Å². The van der Waals surface area contributed by atoms with Crippen molar-refractivity contribution < 1.29 is 14.3 Å². The first kappa shape index (κ1) is 16.4. The Bertz CT molecular complexity index is 261. The van der Waals surface area contributed by atoms with Crippen molar-refractivity contribution in [2.24, 2.45) is 5.92 Å². The van der Waals surface area contributed by atoms with Crippen LogP contribution >= 0.6 is 0 Å². The Labute approximate surface area is 116 Å². The fourth-order valence-corrected chi connectivity index (χ4v) is 2.45. The number of methoxy groups -OCH3 is 1. The van der Waals surface area contributed by atoms with E-state index in [0.717, 1.165) is 51.9 Å². The maximum atomic E-state index is 11.8. The molecule has 1 saturated heterocycles. The topological polar surface area (TPSA) is 42.0 Å². The van der Waals surface area contributed by atoms with Crippen LogP contribution in [-0.4, -0.2) is 63.0 Å². The van der Waals surface area contributed by atoms with Gasteiger partial charge < -0.3 is 9.47 Å². The average molecular weight is 272 g/mol. The van der Waals surface area contributed by atoms with Crippen LogP contribution in [0.25, 0.3) is 0 Å². The summed E-state index contributed by atoms with van der Waals surface area (Å²) in [6.45, 7) is 6.00. The van der Waals surface area contributed by atoms with Crippen LogP contribution in [0.5, 0.6) is 0 Å². The molecule has 1 unspecified atom stereocenters. The summed E-state index contributed by atoms with van der Waals surface area (Å²) in [5, 5.41) is 4.51. The van der Waals surface area contributed by atoms with Crippen molar-refractivity contribution in [1.29, 1.82) is 0 Å². The highest BCUT2D eigenvalue weighted by Gasteiger charge is 2.28. The average Bonchev–Trinajstić information content (AvgIpc) is 2.44. The van der Waals surface area contributed by atoms with E-state index in [-0.39, 0.29) is 11.9 Å². The van der Waals surface area contributed by atoms with Gasteiger partial charge in [-0.05, 0) is 32.6 Å². The second-order valence-corrected chi connectivity index (χ2v) is 5.08. The first-order valence-corrected chi connectivity index (χ1v) is 7.30. The summed E-state index contributed by atoms with van der Waals surface area (Å²) in [6, 6.07) is 0. The molecule has 0 aliphatic carbocycles. The maximum Gasteiger partial charge on any atom is 0.310 e. The molecule has 0 aromatic rings. The summed E-state index contributed by atoms with van der Waals surface area (Å²) < 4.78 is 10.2. The molecular weight excluding hydrogens is 244 g/mol. The fraction of sp³-hybridized carbons (Fsp3) is 0.929. The summed E-state index contributed by atoms with van der Waals surface area (Å²) in [5.74, 6) is -0.00453. The van der Waals surface area contributed by atoms with Crippen LogP contribution in [0.1, 0.15) is 32.6 Å². The predicted octanol–water partition coefficient (Wildman–Crippen LogP) is 1.53. The van der Waals surface area contributed by atoms with Gasteiger partial charge in [0, 0.05) is 40.4 Å². The quantitative estimate of drug-likeness (QED) is 0.495. The Hall–Kier alpha value is -0.650. The predicted molar refractivity (Wildman–Crippen MR) is 74.7 cm³/mol. The number of esters is 1. The summed E-state index contributed by atoms with van der Waals surface area (Å²) in [4.78, 5) is 11.8. The number of carbonyl (C=O) groups excluding carboxylic acids is 1. The third-order valence-corrected chi connectivity index (χ3v) is 3.58. The third-order valence-electron chi connectivity index (χ3n) is 3.58. The van der Waals surface area contributed by atoms with Gasteiger partial charge in [-0.3, -0.25) is 4.79 Å². The number of ether oxygens (including phenoxy) is 2. The minimum Gasteiger partial charge on any atom is -0.466 e. The zero-order valence-corrected chi connectivity index (χ0v) is 12.6. The van der Waals surface area contributed by atoms with Crippen LogP contribution in [0.2, 0.25) is 0 Å². The van der Waals surface area contributed by atoms with Gasteiger partial charge in [-0.15, -0.1) is 0 Å². The largest absolute Gasteiger partial charge is 0.466 e. The van der Waals surface area contributed by atoms with Crippen molar-refractivity contribution in [3.8, 4) is 0 Å². The Morgan fingerprint density at radius 2 is 2.21 bits per heavy atom. The highest BCUT2D eigenvalue weighted by atomic mass is 16.5. The number of rotatable bonds is 8. The lowest BCUT2D eigenvalue weighted by Crippen LogP contribution is -2.48. The zero-order chi connectivity index (χ0) is 14.1. The number of carbonyl (C=O) groups is 1. The van der Waals surface area contributed by atoms with Crippen LogP contribution in [0.15, 0.2) is 0 Å². The van der Waals surface area contributed by atoms with Crippen molar-refractivity contribution in [3.05, 3.63) is 0 Å². The Balaban J connectivity index is 2.30. The SMILES string of the molecule is CCOC(=O)C1CCCN(N(C)CCCCOC)C1. The molecule has 0 aromatic heterocycles. The van der Waals surface area contributed by atoms with E-state index in [9.17, 15) is 4.79 Å². The number of hydrogen-bond donors (Lipinski definition) is 0. The lowest BCUT2D eigenvalue weighted by atomic mass is 9.99. The molecule has 0 saturated carbocycles. The molecule has 0 bridgehead atoms. The minimum atomic E-state index is -0.0417. The molecule has 0 N–H and O–H groups in total. The van der Waals surface area contributed by atoms with Crippen molar-refractivity contribution in [2.75, 3.05) is 47.0 Å². The van der Waals surface area contributed by atoms with Gasteiger partial charge in [0.15, 0.2) is 0 Å². The van der Waals surface area contributed by atoms with E-state index in [0.29, 0.717) is 6.61 Å². The van der Waals surface area contributed by atoms with Gasteiger partial charge in [0.1, 0.15) is 0 Å². The third kappa shape index (κ3) is 5.89. The monoisotopic (exact) mass is 272 g/mol. The van der Waals surface area contributed by atoms with Crippen LogP contribution in [0, 0.1) is 5.92 Å². The molecule has 5 heteroatoms. The Morgan fingerprint density at radius 3 is 2.89 bits per heavy atom. The summed E-state index contributed by atoms with van der Waals surface area (Å²) in [5.41, 5.74) is 0.